The summed E-state index contributed by atoms with van der Waals surface area (Å²) in [5.74, 6) is -1.81. The number of aliphatic carboxylic acids is 1. The third-order valence-electron chi connectivity index (χ3n) is 5.25. The van der Waals surface area contributed by atoms with Crippen molar-refractivity contribution in [1.82, 2.24) is 9.80 Å². The minimum Gasteiger partial charge on any atom is -0.481 e. The Kier molecular flexibility index (Phi) is 11.9. The fourth-order valence-corrected chi connectivity index (χ4v) is 22.4. The van der Waals surface area contributed by atoms with Gasteiger partial charge in [-0.1, -0.05) is 0 Å². The van der Waals surface area contributed by atoms with Crippen LogP contribution < -0.4 is 0 Å². The van der Waals surface area contributed by atoms with Crippen LogP contribution in [0.2, 0.25) is 65.0 Å². The molecule has 1 rings (SSSR count). The van der Waals surface area contributed by atoms with Crippen molar-refractivity contribution in [3.05, 3.63) is 0 Å². The van der Waals surface area contributed by atoms with Crippen molar-refractivity contribution in [3.63, 3.8) is 0 Å². The number of carboxylic acids is 1. The first-order valence-corrected chi connectivity index (χ1v) is 24.8. The molecule has 0 radical (unpaired) electrons. The molecule has 208 valence electrons. The van der Waals surface area contributed by atoms with Gasteiger partial charge < -0.3 is 22.4 Å². The van der Waals surface area contributed by atoms with Gasteiger partial charge in [-0.2, -0.15) is 0 Å². The minimum atomic E-state index is -2.66. The van der Waals surface area contributed by atoms with Crippen LogP contribution in [0.1, 0.15) is 32.1 Å². The summed E-state index contributed by atoms with van der Waals surface area (Å²) in [6.45, 7) is 19.6. The Morgan fingerprint density at radius 2 is 1.36 bits per heavy atom. The van der Waals surface area contributed by atoms with E-state index >= 15 is 0 Å². The summed E-state index contributed by atoms with van der Waals surface area (Å²) in [7, 11) is -8.86. The molecule has 1 heterocycles. The van der Waals surface area contributed by atoms with Crippen molar-refractivity contribution in [2.75, 3.05) is 19.6 Å². The van der Waals surface area contributed by atoms with Crippen molar-refractivity contribution in [2.45, 2.75) is 97.1 Å². The Hall–Kier alpha value is -1.17. The van der Waals surface area contributed by atoms with Gasteiger partial charge in [0.25, 0.3) is 0 Å². The number of hydrogen-bond donors (Lipinski definition) is 1. The molecular weight excluding hydrogens is 533 g/mol. The molecule has 1 N–H and O–H groups in total. The summed E-state index contributed by atoms with van der Waals surface area (Å²) in [6, 6.07) is 0.646. The highest BCUT2D eigenvalue weighted by atomic mass is 28.5. The van der Waals surface area contributed by atoms with Crippen molar-refractivity contribution in [1.29, 1.82) is 0 Å². The van der Waals surface area contributed by atoms with E-state index in [0.717, 1.165) is 0 Å². The summed E-state index contributed by atoms with van der Waals surface area (Å²) in [5.41, 5.74) is 0. The molecule has 0 aliphatic carbocycles. The van der Waals surface area contributed by atoms with Gasteiger partial charge in [0.05, 0.1) is 6.42 Å². The van der Waals surface area contributed by atoms with Crippen LogP contribution in [0.4, 0.5) is 0 Å². The predicted octanol–water partition coefficient (Wildman–Crippen LogP) is 3.71. The van der Waals surface area contributed by atoms with E-state index in [9.17, 15) is 19.2 Å². The van der Waals surface area contributed by atoms with E-state index in [-0.39, 0.29) is 56.5 Å². The van der Waals surface area contributed by atoms with E-state index in [2.05, 4.69) is 58.9 Å². The number of carboxylic acid groups (broad SMARTS) is 1. The minimum absolute atomic E-state index is 0.122. The number of likely N-dealkylation sites (tertiary alicyclic amines) is 1. The smallest absolute Gasteiger partial charge is 0.315 e. The number of rotatable bonds is 16. The Bertz CT molecular complexity index is 797. The summed E-state index contributed by atoms with van der Waals surface area (Å²) in [4.78, 5) is 50.5. The van der Waals surface area contributed by atoms with Crippen molar-refractivity contribution in [2.24, 2.45) is 0 Å². The van der Waals surface area contributed by atoms with Gasteiger partial charge >= 0.3 is 23.1 Å². The van der Waals surface area contributed by atoms with Gasteiger partial charge in [0.2, 0.25) is 17.7 Å². The number of hydrogen-bond acceptors (Lipinski definition) is 7. The third-order valence-corrected chi connectivity index (χ3v) is 18.8. The molecule has 36 heavy (non-hydrogen) atoms. The van der Waals surface area contributed by atoms with Crippen molar-refractivity contribution >= 4 is 57.4 Å². The van der Waals surface area contributed by atoms with E-state index < -0.39 is 39.7 Å². The van der Waals surface area contributed by atoms with E-state index in [1.807, 2.05) is 0 Å². The lowest BCUT2D eigenvalue weighted by atomic mass is 10.2. The fraction of sp³-hybridized carbons (Fsp3) is 0.818. The van der Waals surface area contributed by atoms with Gasteiger partial charge in [-0.3, -0.25) is 24.1 Å². The molecule has 14 heteroatoms. The Morgan fingerprint density at radius 3 is 1.83 bits per heavy atom. The lowest BCUT2D eigenvalue weighted by molar-refractivity contribution is -0.142. The molecule has 1 aliphatic heterocycles. The van der Waals surface area contributed by atoms with Crippen LogP contribution in [0.3, 0.4) is 0 Å². The second kappa shape index (κ2) is 13.1. The van der Waals surface area contributed by atoms with Crippen LogP contribution in [-0.4, -0.2) is 92.0 Å². The molecule has 1 unspecified atom stereocenters. The topological polar surface area (TPSA) is 123 Å². The highest BCUT2D eigenvalue weighted by Crippen LogP contribution is 2.28. The molecule has 1 saturated heterocycles. The first-order valence-electron chi connectivity index (χ1n) is 12.7. The summed E-state index contributed by atoms with van der Waals surface area (Å²) < 4.78 is 19.7. The first kappa shape index (κ1) is 32.9. The van der Waals surface area contributed by atoms with Crippen molar-refractivity contribution < 1.29 is 36.6 Å². The van der Waals surface area contributed by atoms with Gasteiger partial charge in [-0.15, -0.1) is 0 Å². The summed E-state index contributed by atoms with van der Waals surface area (Å²) in [6.07, 6.45) is 0.600. The average Bonchev–Trinajstić information content (AvgIpc) is 2.96. The third kappa shape index (κ3) is 12.9. The molecule has 0 saturated carbocycles. The maximum absolute atomic E-state index is 12.8. The van der Waals surface area contributed by atoms with Gasteiger partial charge in [0.15, 0.2) is 16.6 Å². The summed E-state index contributed by atoms with van der Waals surface area (Å²) >= 11 is 0. The molecule has 1 fully saturated rings. The zero-order valence-electron chi connectivity index (χ0n) is 23.6. The normalized spacial score (nSPS) is 16.9. The maximum Gasteiger partial charge on any atom is 0.315 e. The van der Waals surface area contributed by atoms with E-state index in [0.29, 0.717) is 19.0 Å². The largest absolute Gasteiger partial charge is 0.481 e. The zero-order valence-corrected chi connectivity index (χ0v) is 27.6. The van der Waals surface area contributed by atoms with Gasteiger partial charge in [-0.25, -0.2) is 0 Å². The number of amides is 3. The first-order chi connectivity index (χ1) is 16.2. The van der Waals surface area contributed by atoms with Crippen molar-refractivity contribution in [3.8, 4) is 0 Å². The second-order valence-electron chi connectivity index (χ2n) is 11.9. The fourth-order valence-electron chi connectivity index (χ4n) is 4.47. The van der Waals surface area contributed by atoms with Gasteiger partial charge in [0, 0.05) is 38.9 Å². The van der Waals surface area contributed by atoms with Crippen LogP contribution in [-0.2, 0) is 31.5 Å². The van der Waals surface area contributed by atoms with E-state index in [1.54, 1.807) is 4.90 Å². The lowest BCUT2D eigenvalue weighted by Gasteiger charge is -2.41. The van der Waals surface area contributed by atoms with Crippen LogP contribution in [0.15, 0.2) is 0 Å². The van der Waals surface area contributed by atoms with Gasteiger partial charge in [-0.05, 0) is 71.4 Å². The Labute approximate surface area is 220 Å². The second-order valence-corrected chi connectivity index (χ2v) is 28.3. The van der Waals surface area contributed by atoms with Gasteiger partial charge in [0.1, 0.15) is 0 Å². The molecule has 3 amide bonds. The standard InChI is InChI=1S/C22H46N2O8Si4/c1-33(2,3)30-35(7,8)32-36(9,31-34(4,5)6)18-10-15-23(19(25)13-14-22(28)29)16-17-24-20(26)11-12-21(24)27/h10-18H2,1-9H3,(H,28,29). The SMILES string of the molecule is C[Si](C)(C)O[Si](C)(C)O[Si](C)(CCCN(CCN1C(=O)CCC1=O)C(=O)CCC(=O)O)O[Si](C)(C)C. The lowest BCUT2D eigenvalue weighted by Crippen LogP contribution is -2.57. The molecule has 1 atom stereocenters. The highest BCUT2D eigenvalue weighted by Gasteiger charge is 2.44. The average molecular weight is 579 g/mol. The molecule has 0 aromatic rings. The highest BCUT2D eigenvalue weighted by molar-refractivity contribution is 6.89. The number of carbonyl (C=O) groups excluding carboxylic acids is 3. The maximum atomic E-state index is 12.8. The Balaban J connectivity index is 2.94. The van der Waals surface area contributed by atoms with Crippen LogP contribution in [0, 0.1) is 0 Å². The summed E-state index contributed by atoms with van der Waals surface area (Å²) in [5, 5.41) is 9.00. The predicted molar refractivity (Wildman–Crippen MR) is 148 cm³/mol. The quantitative estimate of drug-likeness (QED) is 0.217. The number of imide groups is 1. The number of carbonyl (C=O) groups is 4. The molecule has 10 nitrogen and oxygen atoms in total. The van der Waals surface area contributed by atoms with E-state index in [4.69, 9.17) is 17.5 Å². The van der Waals surface area contributed by atoms with E-state index in [1.165, 1.54) is 4.90 Å². The molecule has 0 bridgehead atoms. The molecule has 0 aromatic carbocycles. The molecule has 0 spiro atoms. The van der Waals surface area contributed by atoms with Crippen LogP contribution in [0.25, 0.3) is 0 Å². The Morgan fingerprint density at radius 1 is 0.833 bits per heavy atom. The molecular formula is C22H46N2O8Si4. The molecule has 1 aliphatic rings. The zero-order chi connectivity index (χ0) is 27.9. The monoisotopic (exact) mass is 578 g/mol. The molecule has 0 aromatic heterocycles. The number of nitrogens with zero attached hydrogens (tertiary/aromatic N) is 2. The van der Waals surface area contributed by atoms with Crippen LogP contribution in [0.5, 0.6) is 0 Å². The van der Waals surface area contributed by atoms with Crippen LogP contribution >= 0.6 is 0 Å².